The quantitative estimate of drug-likeness (QED) is 0.866. The van der Waals surface area contributed by atoms with Gasteiger partial charge in [-0.15, -0.1) is 11.3 Å². The van der Waals surface area contributed by atoms with Gasteiger partial charge in [-0.3, -0.25) is 0 Å². The SMILES string of the molecule is Cc1sc(C(=O)O)cc1S(=O)(=O)NC(C)C1CC1. The van der Waals surface area contributed by atoms with E-state index >= 15 is 0 Å². The van der Waals surface area contributed by atoms with Crippen LogP contribution < -0.4 is 4.72 Å². The fourth-order valence-corrected chi connectivity index (χ4v) is 4.58. The number of aromatic carboxylic acids is 1. The van der Waals surface area contributed by atoms with Crippen LogP contribution in [0.25, 0.3) is 0 Å². The van der Waals surface area contributed by atoms with Crippen molar-refractivity contribution in [1.82, 2.24) is 4.72 Å². The van der Waals surface area contributed by atoms with E-state index in [0.717, 1.165) is 24.2 Å². The number of carboxylic acid groups (broad SMARTS) is 1. The first-order chi connectivity index (χ1) is 8.31. The smallest absolute Gasteiger partial charge is 0.345 e. The molecule has 7 heteroatoms. The van der Waals surface area contributed by atoms with E-state index in [1.54, 1.807) is 6.92 Å². The first-order valence-corrected chi connectivity index (χ1v) is 7.97. The van der Waals surface area contributed by atoms with Crippen LogP contribution in [-0.4, -0.2) is 25.5 Å². The lowest BCUT2D eigenvalue weighted by atomic mass is 10.2. The van der Waals surface area contributed by atoms with Gasteiger partial charge in [-0.2, -0.15) is 0 Å². The van der Waals surface area contributed by atoms with Gasteiger partial charge in [0.2, 0.25) is 10.0 Å². The Balaban J connectivity index is 2.25. The van der Waals surface area contributed by atoms with Crippen molar-refractivity contribution in [1.29, 1.82) is 0 Å². The zero-order valence-electron chi connectivity index (χ0n) is 10.1. The second-order valence-electron chi connectivity index (χ2n) is 4.58. The fourth-order valence-electron chi connectivity index (χ4n) is 1.84. The van der Waals surface area contributed by atoms with Crippen molar-refractivity contribution in [2.24, 2.45) is 5.92 Å². The molecule has 0 bridgehead atoms. The van der Waals surface area contributed by atoms with E-state index in [2.05, 4.69) is 4.72 Å². The molecule has 0 aromatic carbocycles. The summed E-state index contributed by atoms with van der Waals surface area (Å²) in [5.74, 6) is -0.683. The fraction of sp³-hybridized carbons (Fsp3) is 0.545. The summed E-state index contributed by atoms with van der Waals surface area (Å²) in [6.07, 6.45) is 2.10. The van der Waals surface area contributed by atoms with Crippen LogP contribution in [0.1, 0.15) is 34.3 Å². The molecule has 2 N–H and O–H groups in total. The molecule has 0 amide bonds. The maximum Gasteiger partial charge on any atom is 0.345 e. The molecule has 100 valence electrons. The van der Waals surface area contributed by atoms with Gasteiger partial charge in [-0.05, 0) is 38.7 Å². The summed E-state index contributed by atoms with van der Waals surface area (Å²) in [6, 6.07) is 1.13. The lowest BCUT2D eigenvalue weighted by molar-refractivity contribution is 0.0702. The third-order valence-electron chi connectivity index (χ3n) is 3.04. The molecule has 1 aromatic rings. The molecule has 1 heterocycles. The van der Waals surface area contributed by atoms with Crippen LogP contribution in [0.2, 0.25) is 0 Å². The van der Waals surface area contributed by atoms with Crippen molar-refractivity contribution in [3.05, 3.63) is 15.8 Å². The summed E-state index contributed by atoms with van der Waals surface area (Å²) in [7, 11) is -3.61. The Morgan fingerprint density at radius 2 is 2.17 bits per heavy atom. The zero-order chi connectivity index (χ0) is 13.5. The molecular formula is C11H15NO4S2. The molecule has 0 aliphatic heterocycles. The first kappa shape index (κ1) is 13.5. The first-order valence-electron chi connectivity index (χ1n) is 5.67. The number of carbonyl (C=O) groups is 1. The number of aryl methyl sites for hydroxylation is 1. The molecule has 18 heavy (non-hydrogen) atoms. The highest BCUT2D eigenvalue weighted by Gasteiger charge is 2.32. The van der Waals surface area contributed by atoms with E-state index in [1.165, 1.54) is 6.07 Å². The third kappa shape index (κ3) is 2.73. The molecule has 1 fully saturated rings. The number of nitrogens with one attached hydrogen (secondary N) is 1. The molecule has 1 aromatic heterocycles. The number of carboxylic acids is 1. The van der Waals surface area contributed by atoms with Crippen LogP contribution in [0.3, 0.4) is 0 Å². The minimum Gasteiger partial charge on any atom is -0.477 e. The summed E-state index contributed by atoms with van der Waals surface area (Å²) >= 11 is 0.982. The van der Waals surface area contributed by atoms with Gasteiger partial charge >= 0.3 is 5.97 Å². The maximum atomic E-state index is 12.1. The highest BCUT2D eigenvalue weighted by atomic mass is 32.2. The topological polar surface area (TPSA) is 83.5 Å². The molecular weight excluding hydrogens is 274 g/mol. The number of sulfonamides is 1. The van der Waals surface area contributed by atoms with Gasteiger partial charge < -0.3 is 5.11 Å². The number of thiophene rings is 1. The van der Waals surface area contributed by atoms with E-state index in [1.807, 2.05) is 6.92 Å². The molecule has 5 nitrogen and oxygen atoms in total. The van der Waals surface area contributed by atoms with Crippen molar-refractivity contribution in [3.63, 3.8) is 0 Å². The van der Waals surface area contributed by atoms with Gasteiger partial charge in [0.25, 0.3) is 0 Å². The Kier molecular flexibility index (Phi) is 3.48. The summed E-state index contributed by atoms with van der Waals surface area (Å²) in [5, 5.41) is 8.86. The predicted octanol–water partition coefficient (Wildman–Crippen LogP) is 1.83. The van der Waals surface area contributed by atoms with Gasteiger partial charge in [-0.25, -0.2) is 17.9 Å². The molecule has 0 radical (unpaired) electrons. The molecule has 1 unspecified atom stereocenters. The molecule has 0 saturated heterocycles. The molecule has 1 aliphatic carbocycles. The Labute approximate surface area is 110 Å². The Bertz CT molecular complexity index is 572. The third-order valence-corrected chi connectivity index (χ3v) is 5.90. The predicted molar refractivity (Wildman–Crippen MR) is 68.5 cm³/mol. The molecule has 1 atom stereocenters. The standard InChI is InChI=1S/C11H15NO4S2/c1-6(8-3-4-8)12-18(15,16)10-5-9(11(13)14)17-7(10)2/h5-6,8,12H,3-4H2,1-2H3,(H,13,14). The van der Waals surface area contributed by atoms with E-state index in [4.69, 9.17) is 5.11 Å². The number of hydrogen-bond donors (Lipinski definition) is 2. The Morgan fingerprint density at radius 3 is 2.61 bits per heavy atom. The lowest BCUT2D eigenvalue weighted by Gasteiger charge is -2.12. The van der Waals surface area contributed by atoms with Gasteiger partial charge in [0.1, 0.15) is 4.88 Å². The average molecular weight is 289 g/mol. The van der Waals surface area contributed by atoms with Gasteiger partial charge in [0.15, 0.2) is 0 Å². The van der Waals surface area contributed by atoms with Crippen molar-refractivity contribution in [3.8, 4) is 0 Å². The summed E-state index contributed by atoms with van der Waals surface area (Å²) in [5.41, 5.74) is 0. The highest BCUT2D eigenvalue weighted by Crippen LogP contribution is 2.33. The van der Waals surface area contributed by atoms with Crippen molar-refractivity contribution in [2.75, 3.05) is 0 Å². The lowest BCUT2D eigenvalue weighted by Crippen LogP contribution is -2.34. The van der Waals surface area contributed by atoms with Crippen molar-refractivity contribution in [2.45, 2.75) is 37.6 Å². The number of hydrogen-bond acceptors (Lipinski definition) is 4. The highest BCUT2D eigenvalue weighted by molar-refractivity contribution is 7.89. The van der Waals surface area contributed by atoms with Gasteiger partial charge in [0, 0.05) is 10.9 Å². The summed E-state index contributed by atoms with van der Waals surface area (Å²) in [6.45, 7) is 3.46. The largest absolute Gasteiger partial charge is 0.477 e. The minimum absolute atomic E-state index is 0.0481. The van der Waals surface area contributed by atoms with Crippen molar-refractivity contribution >= 4 is 27.3 Å². The Morgan fingerprint density at radius 1 is 1.56 bits per heavy atom. The zero-order valence-corrected chi connectivity index (χ0v) is 11.8. The van der Waals surface area contributed by atoms with Crippen LogP contribution in [0, 0.1) is 12.8 Å². The molecule has 1 saturated carbocycles. The van der Waals surface area contributed by atoms with E-state index < -0.39 is 16.0 Å². The van der Waals surface area contributed by atoms with Crippen LogP contribution in [0.15, 0.2) is 11.0 Å². The van der Waals surface area contributed by atoms with E-state index in [9.17, 15) is 13.2 Å². The second-order valence-corrected chi connectivity index (χ2v) is 7.52. The van der Waals surface area contributed by atoms with E-state index in [0.29, 0.717) is 10.8 Å². The maximum absolute atomic E-state index is 12.1. The number of rotatable bonds is 5. The van der Waals surface area contributed by atoms with Gasteiger partial charge in [-0.1, -0.05) is 0 Å². The molecule has 0 spiro atoms. The summed E-state index contributed by atoms with van der Waals surface area (Å²) < 4.78 is 26.9. The Hall–Kier alpha value is -0.920. The van der Waals surface area contributed by atoms with E-state index in [-0.39, 0.29) is 15.8 Å². The molecule has 2 rings (SSSR count). The van der Waals surface area contributed by atoms with Crippen LogP contribution >= 0.6 is 11.3 Å². The van der Waals surface area contributed by atoms with Crippen LogP contribution in [-0.2, 0) is 10.0 Å². The monoisotopic (exact) mass is 289 g/mol. The van der Waals surface area contributed by atoms with Crippen LogP contribution in [0.5, 0.6) is 0 Å². The summed E-state index contributed by atoms with van der Waals surface area (Å²) in [4.78, 5) is 11.5. The average Bonchev–Trinajstić information content (AvgIpc) is 3.00. The van der Waals surface area contributed by atoms with Gasteiger partial charge in [0.05, 0.1) is 4.90 Å². The second kappa shape index (κ2) is 4.64. The van der Waals surface area contributed by atoms with Crippen molar-refractivity contribution < 1.29 is 18.3 Å². The normalized spacial score (nSPS) is 17.7. The minimum atomic E-state index is -3.61. The van der Waals surface area contributed by atoms with Crippen LogP contribution in [0.4, 0.5) is 0 Å². The molecule has 1 aliphatic rings.